The average Bonchev–Trinajstić information content (AvgIpc) is 2.93. The first-order valence-electron chi connectivity index (χ1n) is 6.49. The third-order valence-corrected chi connectivity index (χ3v) is 2.97. The zero-order chi connectivity index (χ0) is 16.3. The molecule has 9 nitrogen and oxygen atoms in total. The number of amides is 1. The van der Waals surface area contributed by atoms with Gasteiger partial charge in [-0.15, -0.1) is 10.2 Å². The number of benzene rings is 1. The normalized spacial score (nSPS) is 11.8. The summed E-state index contributed by atoms with van der Waals surface area (Å²) in [6.07, 6.45) is 0. The SMILES string of the molecule is CNC(=O)c1ccc(N[C@H](C)c2nnc(C)o2)c([N+](=O)[O-])c1. The Bertz CT molecular complexity index is 712. The van der Waals surface area contributed by atoms with Crippen LogP contribution in [0.4, 0.5) is 11.4 Å². The molecule has 0 saturated carbocycles. The summed E-state index contributed by atoms with van der Waals surface area (Å²) < 4.78 is 5.28. The van der Waals surface area contributed by atoms with Crippen molar-refractivity contribution in [2.45, 2.75) is 19.9 Å². The molecule has 1 aromatic heterocycles. The highest BCUT2D eigenvalue weighted by molar-refractivity contribution is 5.95. The number of nitro benzene ring substituents is 1. The van der Waals surface area contributed by atoms with E-state index in [1.807, 2.05) is 0 Å². The number of hydrogen-bond donors (Lipinski definition) is 2. The molecule has 0 unspecified atom stereocenters. The fourth-order valence-corrected chi connectivity index (χ4v) is 1.87. The standard InChI is InChI=1S/C13H15N5O4/c1-7(13-17-16-8(2)22-13)15-10-5-4-9(12(19)14-3)6-11(10)18(20)21/h4-7,15H,1-3H3,(H,14,19)/t7-/m1/s1. The van der Waals surface area contributed by atoms with Gasteiger partial charge in [-0.3, -0.25) is 14.9 Å². The number of carbonyl (C=O) groups is 1. The second-order valence-corrected chi connectivity index (χ2v) is 4.59. The number of aryl methyl sites for hydroxylation is 1. The largest absolute Gasteiger partial charge is 0.423 e. The summed E-state index contributed by atoms with van der Waals surface area (Å²) in [7, 11) is 1.46. The lowest BCUT2D eigenvalue weighted by Crippen LogP contribution is -2.18. The van der Waals surface area contributed by atoms with Gasteiger partial charge in [-0.1, -0.05) is 0 Å². The first-order chi connectivity index (χ1) is 10.4. The Morgan fingerprint density at radius 3 is 2.68 bits per heavy atom. The van der Waals surface area contributed by atoms with Gasteiger partial charge in [-0.2, -0.15) is 0 Å². The lowest BCUT2D eigenvalue weighted by Gasteiger charge is -2.12. The van der Waals surface area contributed by atoms with Gasteiger partial charge < -0.3 is 15.1 Å². The van der Waals surface area contributed by atoms with Crippen LogP contribution in [0.15, 0.2) is 22.6 Å². The van der Waals surface area contributed by atoms with Gasteiger partial charge in [-0.25, -0.2) is 0 Å². The van der Waals surface area contributed by atoms with Crippen molar-refractivity contribution in [3.05, 3.63) is 45.7 Å². The number of hydrogen-bond acceptors (Lipinski definition) is 7. The molecule has 22 heavy (non-hydrogen) atoms. The molecule has 2 aromatic rings. The van der Waals surface area contributed by atoms with Crippen LogP contribution in [0.1, 0.15) is 35.1 Å². The summed E-state index contributed by atoms with van der Waals surface area (Å²) in [5.41, 5.74) is 0.270. The van der Waals surface area contributed by atoms with Gasteiger partial charge in [-0.05, 0) is 19.1 Å². The van der Waals surface area contributed by atoms with Gasteiger partial charge in [0.1, 0.15) is 11.7 Å². The highest BCUT2D eigenvalue weighted by atomic mass is 16.6. The molecule has 9 heteroatoms. The highest BCUT2D eigenvalue weighted by Gasteiger charge is 2.20. The van der Waals surface area contributed by atoms with Crippen molar-refractivity contribution in [3.8, 4) is 0 Å². The smallest absolute Gasteiger partial charge is 0.293 e. The molecule has 1 aromatic carbocycles. The Kier molecular flexibility index (Phi) is 4.35. The van der Waals surface area contributed by atoms with Crippen LogP contribution in [0, 0.1) is 17.0 Å². The summed E-state index contributed by atoms with van der Waals surface area (Å²) in [6, 6.07) is 3.78. The fraction of sp³-hybridized carbons (Fsp3) is 0.308. The summed E-state index contributed by atoms with van der Waals surface area (Å²) in [6.45, 7) is 3.40. The van der Waals surface area contributed by atoms with E-state index in [-0.39, 0.29) is 16.9 Å². The molecule has 1 atom stereocenters. The lowest BCUT2D eigenvalue weighted by atomic mass is 10.1. The van der Waals surface area contributed by atoms with Crippen molar-refractivity contribution < 1.29 is 14.1 Å². The zero-order valence-corrected chi connectivity index (χ0v) is 12.3. The molecule has 0 spiro atoms. The van der Waals surface area contributed by atoms with Gasteiger partial charge >= 0.3 is 0 Å². The van der Waals surface area contributed by atoms with E-state index in [0.29, 0.717) is 11.8 Å². The molecule has 0 bridgehead atoms. The quantitative estimate of drug-likeness (QED) is 0.637. The fourth-order valence-electron chi connectivity index (χ4n) is 1.87. The van der Waals surface area contributed by atoms with Crippen LogP contribution in [-0.4, -0.2) is 28.1 Å². The van der Waals surface area contributed by atoms with Crippen LogP contribution < -0.4 is 10.6 Å². The zero-order valence-electron chi connectivity index (χ0n) is 12.3. The van der Waals surface area contributed by atoms with E-state index in [4.69, 9.17) is 4.42 Å². The molecular weight excluding hydrogens is 290 g/mol. The Morgan fingerprint density at radius 1 is 1.41 bits per heavy atom. The predicted octanol–water partition coefficient (Wildman–Crippen LogP) is 1.82. The van der Waals surface area contributed by atoms with Crippen LogP contribution in [0.5, 0.6) is 0 Å². The molecular formula is C13H15N5O4. The summed E-state index contributed by atoms with van der Waals surface area (Å²) in [4.78, 5) is 22.2. The third kappa shape index (κ3) is 3.19. The van der Waals surface area contributed by atoms with Crippen LogP contribution in [0.25, 0.3) is 0 Å². The van der Waals surface area contributed by atoms with Crippen molar-refractivity contribution in [1.29, 1.82) is 0 Å². The van der Waals surface area contributed by atoms with Crippen molar-refractivity contribution in [2.75, 3.05) is 12.4 Å². The van der Waals surface area contributed by atoms with Crippen molar-refractivity contribution in [3.63, 3.8) is 0 Å². The van der Waals surface area contributed by atoms with Crippen LogP contribution in [0.2, 0.25) is 0 Å². The Balaban J connectivity index is 2.30. The minimum atomic E-state index is -0.555. The number of rotatable bonds is 5. The van der Waals surface area contributed by atoms with E-state index in [2.05, 4.69) is 20.8 Å². The minimum absolute atomic E-state index is 0.204. The number of carbonyl (C=O) groups excluding carboxylic acids is 1. The van der Waals surface area contributed by atoms with Gasteiger partial charge in [0.15, 0.2) is 0 Å². The van der Waals surface area contributed by atoms with Gasteiger partial charge in [0.2, 0.25) is 11.8 Å². The minimum Gasteiger partial charge on any atom is -0.423 e. The number of anilines is 1. The maximum absolute atomic E-state index is 11.6. The first kappa shape index (κ1) is 15.4. The molecule has 0 fully saturated rings. The number of nitrogens with zero attached hydrogens (tertiary/aromatic N) is 3. The lowest BCUT2D eigenvalue weighted by molar-refractivity contribution is -0.384. The van der Waals surface area contributed by atoms with Gasteiger partial charge in [0.25, 0.3) is 11.6 Å². The summed E-state index contributed by atoms with van der Waals surface area (Å²) >= 11 is 0. The second kappa shape index (κ2) is 6.20. The summed E-state index contributed by atoms with van der Waals surface area (Å²) in [5.74, 6) is 0.338. The van der Waals surface area contributed by atoms with Gasteiger partial charge in [0.05, 0.1) is 4.92 Å². The molecule has 2 N–H and O–H groups in total. The average molecular weight is 305 g/mol. The molecule has 2 rings (SSSR count). The maximum atomic E-state index is 11.6. The molecule has 0 aliphatic heterocycles. The molecule has 0 aliphatic carbocycles. The number of nitro groups is 1. The predicted molar refractivity (Wildman–Crippen MR) is 77.6 cm³/mol. The summed E-state index contributed by atoms with van der Waals surface area (Å²) in [5, 5.41) is 24.1. The molecule has 116 valence electrons. The Labute approximate surface area is 125 Å². The highest BCUT2D eigenvalue weighted by Crippen LogP contribution is 2.29. The van der Waals surface area contributed by atoms with Gasteiger partial charge in [0, 0.05) is 25.6 Å². The third-order valence-electron chi connectivity index (χ3n) is 2.97. The van der Waals surface area contributed by atoms with E-state index >= 15 is 0 Å². The van der Waals surface area contributed by atoms with Crippen LogP contribution in [-0.2, 0) is 0 Å². The number of aromatic nitrogens is 2. The van der Waals surface area contributed by atoms with Crippen molar-refractivity contribution in [1.82, 2.24) is 15.5 Å². The van der Waals surface area contributed by atoms with E-state index in [1.54, 1.807) is 13.8 Å². The van der Waals surface area contributed by atoms with E-state index in [0.717, 1.165) is 0 Å². The molecule has 1 amide bonds. The van der Waals surface area contributed by atoms with E-state index < -0.39 is 16.9 Å². The maximum Gasteiger partial charge on any atom is 0.293 e. The van der Waals surface area contributed by atoms with Crippen molar-refractivity contribution >= 4 is 17.3 Å². The molecule has 0 aliphatic rings. The second-order valence-electron chi connectivity index (χ2n) is 4.59. The molecule has 0 saturated heterocycles. The topological polar surface area (TPSA) is 123 Å². The Hall–Kier alpha value is -2.97. The van der Waals surface area contributed by atoms with Crippen LogP contribution >= 0.6 is 0 Å². The van der Waals surface area contributed by atoms with Crippen LogP contribution in [0.3, 0.4) is 0 Å². The Morgan fingerprint density at radius 2 is 2.14 bits per heavy atom. The first-order valence-corrected chi connectivity index (χ1v) is 6.49. The molecule has 1 heterocycles. The molecule has 0 radical (unpaired) electrons. The number of nitrogens with one attached hydrogen (secondary N) is 2. The van der Waals surface area contributed by atoms with Crippen molar-refractivity contribution in [2.24, 2.45) is 0 Å². The monoisotopic (exact) mass is 305 g/mol. The van der Waals surface area contributed by atoms with E-state index in [1.165, 1.54) is 25.2 Å². The van der Waals surface area contributed by atoms with E-state index in [9.17, 15) is 14.9 Å².